The Morgan fingerprint density at radius 2 is 2.06 bits per heavy atom. The Kier molecular flexibility index (Phi) is 8.62. The van der Waals surface area contributed by atoms with Crippen LogP contribution in [0.1, 0.15) is 56.6 Å². The van der Waals surface area contributed by atoms with Gasteiger partial charge in [0, 0.05) is 17.8 Å². The number of nitrogens with one attached hydrogen (secondary N) is 1. The van der Waals surface area contributed by atoms with E-state index in [1.54, 1.807) is 6.20 Å². The SMILES string of the molecule is C=CN(C=C(C)C)CCC1=Cc2cc(Cl)ccc2C(C2CCNCC2)C/C1=C\C=C/N. The summed E-state index contributed by atoms with van der Waals surface area (Å²) in [5.41, 5.74) is 12.4. The molecule has 1 aliphatic carbocycles. The van der Waals surface area contributed by atoms with Crippen molar-refractivity contribution in [2.45, 2.75) is 45.4 Å². The summed E-state index contributed by atoms with van der Waals surface area (Å²) in [6.07, 6.45) is 16.6. The van der Waals surface area contributed by atoms with Crippen molar-refractivity contribution in [2.24, 2.45) is 11.7 Å². The Morgan fingerprint density at radius 3 is 2.74 bits per heavy atom. The first-order chi connectivity index (χ1) is 15.0. The first-order valence-corrected chi connectivity index (χ1v) is 11.7. The minimum absolute atomic E-state index is 0.494. The van der Waals surface area contributed by atoms with E-state index in [0.717, 1.165) is 37.5 Å². The van der Waals surface area contributed by atoms with Gasteiger partial charge in [0.05, 0.1) is 0 Å². The molecular weight excluding hydrogens is 402 g/mol. The number of rotatable bonds is 7. The lowest BCUT2D eigenvalue weighted by atomic mass is 9.76. The minimum atomic E-state index is 0.494. The van der Waals surface area contributed by atoms with Gasteiger partial charge in [-0.2, -0.15) is 0 Å². The molecule has 0 amide bonds. The van der Waals surface area contributed by atoms with Gasteiger partial charge in [-0.3, -0.25) is 0 Å². The Labute approximate surface area is 193 Å². The Hall–Kier alpha value is -2.23. The van der Waals surface area contributed by atoms with Gasteiger partial charge in [-0.05, 0) is 117 Å². The van der Waals surface area contributed by atoms with E-state index in [9.17, 15) is 0 Å². The molecule has 1 atom stereocenters. The number of nitrogens with zero attached hydrogens (tertiary/aromatic N) is 1. The summed E-state index contributed by atoms with van der Waals surface area (Å²) in [4.78, 5) is 2.17. The molecule has 0 saturated carbocycles. The van der Waals surface area contributed by atoms with Gasteiger partial charge >= 0.3 is 0 Å². The minimum Gasteiger partial charge on any atom is -0.405 e. The molecule has 3 nitrogen and oxygen atoms in total. The van der Waals surface area contributed by atoms with Crippen LogP contribution in [0, 0.1) is 5.92 Å². The highest BCUT2D eigenvalue weighted by Crippen LogP contribution is 2.43. The van der Waals surface area contributed by atoms with E-state index in [-0.39, 0.29) is 0 Å². The van der Waals surface area contributed by atoms with E-state index in [1.807, 2.05) is 18.3 Å². The molecule has 1 heterocycles. The van der Waals surface area contributed by atoms with E-state index in [1.165, 1.54) is 40.7 Å². The van der Waals surface area contributed by atoms with Crippen LogP contribution >= 0.6 is 11.6 Å². The van der Waals surface area contributed by atoms with Gasteiger partial charge < -0.3 is 16.0 Å². The van der Waals surface area contributed by atoms with Crippen LogP contribution in [-0.2, 0) is 0 Å². The van der Waals surface area contributed by atoms with Crippen molar-refractivity contribution in [3.63, 3.8) is 0 Å². The largest absolute Gasteiger partial charge is 0.405 e. The maximum atomic E-state index is 6.43. The van der Waals surface area contributed by atoms with Crippen molar-refractivity contribution in [3.8, 4) is 0 Å². The lowest BCUT2D eigenvalue weighted by Gasteiger charge is -2.32. The second-order valence-electron chi connectivity index (χ2n) is 8.79. The van der Waals surface area contributed by atoms with Gasteiger partial charge in [0.2, 0.25) is 0 Å². The van der Waals surface area contributed by atoms with Crippen LogP contribution in [0.4, 0.5) is 0 Å². The zero-order valence-electron chi connectivity index (χ0n) is 18.9. The van der Waals surface area contributed by atoms with Crippen molar-refractivity contribution in [1.29, 1.82) is 0 Å². The van der Waals surface area contributed by atoms with Crippen LogP contribution in [-0.4, -0.2) is 24.5 Å². The smallest absolute Gasteiger partial charge is 0.0412 e. The summed E-state index contributed by atoms with van der Waals surface area (Å²) in [5.74, 6) is 1.17. The predicted molar refractivity (Wildman–Crippen MR) is 135 cm³/mol. The molecule has 2 aliphatic rings. The Morgan fingerprint density at radius 1 is 1.29 bits per heavy atom. The summed E-state index contributed by atoms with van der Waals surface area (Å²) in [6, 6.07) is 6.43. The number of allylic oxidation sites excluding steroid dienone is 4. The fraction of sp³-hybridized carbons (Fsp3) is 0.407. The van der Waals surface area contributed by atoms with Crippen molar-refractivity contribution >= 4 is 17.7 Å². The third-order valence-electron chi connectivity index (χ3n) is 6.29. The van der Waals surface area contributed by atoms with Gasteiger partial charge in [-0.15, -0.1) is 0 Å². The fourth-order valence-corrected chi connectivity index (χ4v) is 4.98. The third kappa shape index (κ3) is 6.38. The molecule has 3 N–H and O–H groups in total. The van der Waals surface area contributed by atoms with Crippen LogP contribution in [0.3, 0.4) is 0 Å². The summed E-state index contributed by atoms with van der Waals surface area (Å²) >= 11 is 6.43. The van der Waals surface area contributed by atoms with Crippen LogP contribution < -0.4 is 11.1 Å². The lowest BCUT2D eigenvalue weighted by molar-refractivity contribution is 0.316. The quantitative estimate of drug-likeness (QED) is 0.520. The maximum Gasteiger partial charge on any atom is 0.0412 e. The zero-order valence-corrected chi connectivity index (χ0v) is 19.7. The number of piperidine rings is 1. The molecule has 1 fully saturated rings. The van der Waals surface area contributed by atoms with Crippen LogP contribution in [0.2, 0.25) is 5.02 Å². The lowest BCUT2D eigenvalue weighted by Crippen LogP contribution is -2.31. The highest BCUT2D eigenvalue weighted by Gasteiger charge is 2.30. The predicted octanol–water partition coefficient (Wildman–Crippen LogP) is 6.37. The van der Waals surface area contributed by atoms with Gasteiger partial charge in [-0.25, -0.2) is 0 Å². The molecule has 0 aromatic heterocycles. The zero-order chi connectivity index (χ0) is 22.2. The molecular formula is C27H36ClN3. The molecule has 1 aliphatic heterocycles. The first-order valence-electron chi connectivity index (χ1n) is 11.3. The van der Waals surface area contributed by atoms with Crippen LogP contribution in [0.15, 0.2) is 72.2 Å². The molecule has 1 saturated heterocycles. The van der Waals surface area contributed by atoms with Crippen molar-refractivity contribution in [1.82, 2.24) is 10.2 Å². The number of fused-ring (bicyclic) bond motifs is 1. The molecule has 0 spiro atoms. The number of hydrogen-bond donors (Lipinski definition) is 2. The van der Waals surface area contributed by atoms with Crippen LogP contribution in [0.25, 0.3) is 6.08 Å². The summed E-state index contributed by atoms with van der Waals surface area (Å²) in [6.45, 7) is 11.3. The second kappa shape index (κ2) is 11.4. The number of hydrogen-bond acceptors (Lipinski definition) is 3. The normalized spacial score (nSPS) is 20.8. The molecule has 31 heavy (non-hydrogen) atoms. The van der Waals surface area contributed by atoms with Crippen molar-refractivity contribution in [2.75, 3.05) is 19.6 Å². The average molecular weight is 438 g/mol. The topological polar surface area (TPSA) is 41.3 Å². The highest BCUT2D eigenvalue weighted by molar-refractivity contribution is 6.30. The third-order valence-corrected chi connectivity index (χ3v) is 6.52. The van der Waals surface area contributed by atoms with E-state index in [0.29, 0.717) is 11.8 Å². The second-order valence-corrected chi connectivity index (χ2v) is 9.23. The number of nitrogens with two attached hydrogens (primary N) is 1. The molecule has 0 bridgehead atoms. The molecule has 0 radical (unpaired) electrons. The van der Waals surface area contributed by atoms with E-state index in [4.69, 9.17) is 17.3 Å². The van der Waals surface area contributed by atoms with Gasteiger partial charge in [0.1, 0.15) is 0 Å². The van der Waals surface area contributed by atoms with E-state index < -0.39 is 0 Å². The summed E-state index contributed by atoms with van der Waals surface area (Å²) in [7, 11) is 0. The van der Waals surface area contributed by atoms with Gasteiger partial charge in [-0.1, -0.05) is 42.0 Å². The molecule has 1 aromatic carbocycles. The summed E-state index contributed by atoms with van der Waals surface area (Å²) < 4.78 is 0. The maximum absolute atomic E-state index is 6.43. The first kappa shape index (κ1) is 23.4. The standard InChI is InChI=1S/C27H36ClN3/c1-4-31(19-20(2)3)15-11-23-16-24-17-25(28)7-8-26(24)27(18-22(23)6-5-12-29)21-9-13-30-14-10-21/h4-8,12,16-17,19,21,27,30H,1,9-11,13-15,18,29H2,2-3H3/b12-5-,22-6+. The van der Waals surface area contributed by atoms with Crippen LogP contribution in [0.5, 0.6) is 0 Å². The Balaban J connectivity index is 1.98. The molecule has 166 valence electrons. The van der Waals surface area contributed by atoms with Crippen molar-refractivity contribution in [3.05, 3.63) is 88.4 Å². The Bertz CT molecular complexity index is 884. The fourth-order valence-electron chi connectivity index (χ4n) is 4.80. The highest BCUT2D eigenvalue weighted by atomic mass is 35.5. The van der Waals surface area contributed by atoms with Gasteiger partial charge in [0.25, 0.3) is 0 Å². The number of benzene rings is 1. The van der Waals surface area contributed by atoms with Crippen molar-refractivity contribution < 1.29 is 0 Å². The molecule has 4 heteroatoms. The molecule has 1 aromatic rings. The number of halogens is 1. The van der Waals surface area contributed by atoms with E-state index >= 15 is 0 Å². The molecule has 3 rings (SSSR count). The molecule has 1 unspecified atom stereocenters. The monoisotopic (exact) mass is 437 g/mol. The summed E-state index contributed by atoms with van der Waals surface area (Å²) in [5, 5.41) is 4.31. The van der Waals surface area contributed by atoms with E-state index in [2.05, 4.69) is 61.1 Å². The van der Waals surface area contributed by atoms with Gasteiger partial charge in [0.15, 0.2) is 0 Å². The average Bonchev–Trinajstić information content (AvgIpc) is 2.91.